The second kappa shape index (κ2) is 5.00. The van der Waals surface area contributed by atoms with E-state index in [4.69, 9.17) is 5.73 Å². The SMILES string of the molecule is COC(=O)CS(=O)(=O)Nc1ccc(N)cc1F. The molecular formula is C9H11FN2O4S. The van der Waals surface area contributed by atoms with Crippen LogP contribution in [0.5, 0.6) is 0 Å². The number of carbonyl (C=O) groups excluding carboxylic acids is 1. The first kappa shape index (κ1) is 13.2. The van der Waals surface area contributed by atoms with Crippen molar-refractivity contribution in [2.45, 2.75) is 0 Å². The molecule has 0 atom stereocenters. The Morgan fingerprint density at radius 1 is 1.53 bits per heavy atom. The van der Waals surface area contributed by atoms with E-state index in [2.05, 4.69) is 4.74 Å². The van der Waals surface area contributed by atoms with E-state index in [0.717, 1.165) is 13.2 Å². The van der Waals surface area contributed by atoms with E-state index in [-0.39, 0.29) is 11.4 Å². The normalized spacial score (nSPS) is 10.9. The quantitative estimate of drug-likeness (QED) is 0.601. The highest BCUT2D eigenvalue weighted by molar-refractivity contribution is 7.93. The van der Waals surface area contributed by atoms with Crippen LogP contribution >= 0.6 is 0 Å². The molecule has 0 amide bonds. The van der Waals surface area contributed by atoms with Crippen LogP contribution in [-0.4, -0.2) is 27.2 Å². The van der Waals surface area contributed by atoms with Gasteiger partial charge >= 0.3 is 5.97 Å². The second-order valence-electron chi connectivity index (χ2n) is 3.18. The number of nitrogen functional groups attached to an aromatic ring is 1. The van der Waals surface area contributed by atoms with Gasteiger partial charge in [-0.2, -0.15) is 0 Å². The fraction of sp³-hybridized carbons (Fsp3) is 0.222. The van der Waals surface area contributed by atoms with Crippen LogP contribution in [0.15, 0.2) is 18.2 Å². The Kier molecular flexibility index (Phi) is 3.89. The van der Waals surface area contributed by atoms with Crippen LogP contribution < -0.4 is 10.5 Å². The molecule has 17 heavy (non-hydrogen) atoms. The topological polar surface area (TPSA) is 98.5 Å². The van der Waals surface area contributed by atoms with Gasteiger partial charge in [0.05, 0.1) is 12.8 Å². The number of ether oxygens (including phenoxy) is 1. The van der Waals surface area contributed by atoms with Gasteiger partial charge in [-0.3, -0.25) is 9.52 Å². The van der Waals surface area contributed by atoms with Gasteiger partial charge in [0.25, 0.3) is 0 Å². The predicted octanol–water partition coefficient (Wildman–Crippen LogP) is 0.323. The number of esters is 1. The van der Waals surface area contributed by atoms with Gasteiger partial charge in [-0.25, -0.2) is 12.8 Å². The van der Waals surface area contributed by atoms with Crippen molar-refractivity contribution in [1.82, 2.24) is 0 Å². The highest BCUT2D eigenvalue weighted by atomic mass is 32.2. The molecule has 1 aromatic rings. The Morgan fingerprint density at radius 2 is 2.18 bits per heavy atom. The Labute approximate surface area is 97.6 Å². The largest absolute Gasteiger partial charge is 0.468 e. The molecule has 6 nitrogen and oxygen atoms in total. The van der Waals surface area contributed by atoms with E-state index in [0.29, 0.717) is 0 Å². The molecule has 0 heterocycles. The minimum atomic E-state index is -3.99. The number of nitrogens with one attached hydrogen (secondary N) is 1. The minimum absolute atomic E-state index is 0.165. The monoisotopic (exact) mass is 262 g/mol. The van der Waals surface area contributed by atoms with Gasteiger partial charge in [0.15, 0.2) is 5.75 Å². The number of benzene rings is 1. The zero-order valence-corrected chi connectivity index (χ0v) is 9.75. The Bertz CT molecular complexity index is 530. The number of methoxy groups -OCH3 is 1. The lowest BCUT2D eigenvalue weighted by Crippen LogP contribution is -2.24. The summed E-state index contributed by atoms with van der Waals surface area (Å²) in [4.78, 5) is 10.8. The van der Waals surface area contributed by atoms with Crippen LogP contribution in [0.1, 0.15) is 0 Å². The standard InChI is InChI=1S/C9H11FN2O4S/c1-16-9(13)5-17(14,15)12-8-3-2-6(11)4-7(8)10/h2-4,12H,5,11H2,1H3. The summed E-state index contributed by atoms with van der Waals surface area (Å²) < 4.78 is 42.2. The molecule has 0 aliphatic heterocycles. The average molecular weight is 262 g/mol. The van der Waals surface area contributed by atoms with Crippen LogP contribution in [0, 0.1) is 5.82 Å². The summed E-state index contributed by atoms with van der Waals surface area (Å²) in [5.41, 5.74) is 5.19. The number of hydrogen-bond donors (Lipinski definition) is 2. The maximum absolute atomic E-state index is 13.3. The molecule has 0 saturated heterocycles. The molecule has 8 heteroatoms. The molecule has 0 fully saturated rings. The zero-order valence-electron chi connectivity index (χ0n) is 8.94. The van der Waals surface area contributed by atoms with E-state index in [1.165, 1.54) is 12.1 Å². The molecule has 0 saturated carbocycles. The molecule has 0 radical (unpaired) electrons. The molecule has 0 unspecified atom stereocenters. The summed E-state index contributed by atoms with van der Waals surface area (Å²) >= 11 is 0. The Balaban J connectivity index is 2.87. The zero-order chi connectivity index (χ0) is 13.1. The summed E-state index contributed by atoms with van der Waals surface area (Å²) in [6.07, 6.45) is 0. The van der Waals surface area contributed by atoms with Crippen molar-refractivity contribution in [3.63, 3.8) is 0 Å². The lowest BCUT2D eigenvalue weighted by atomic mass is 10.3. The molecule has 0 aromatic heterocycles. The summed E-state index contributed by atoms with van der Waals surface area (Å²) in [5.74, 6) is -2.64. The molecule has 0 aliphatic rings. The van der Waals surface area contributed by atoms with E-state index in [9.17, 15) is 17.6 Å². The number of nitrogens with two attached hydrogens (primary N) is 1. The van der Waals surface area contributed by atoms with Gasteiger partial charge in [0.2, 0.25) is 10.0 Å². The summed E-state index contributed by atoms with van der Waals surface area (Å²) in [6, 6.07) is 3.47. The van der Waals surface area contributed by atoms with Crippen LogP contribution in [0.3, 0.4) is 0 Å². The highest BCUT2D eigenvalue weighted by Gasteiger charge is 2.18. The van der Waals surface area contributed by atoms with Gasteiger partial charge in [0.1, 0.15) is 5.82 Å². The van der Waals surface area contributed by atoms with Crippen molar-refractivity contribution in [3.8, 4) is 0 Å². The molecule has 3 N–H and O–H groups in total. The number of sulfonamides is 1. The maximum atomic E-state index is 13.3. The van der Waals surface area contributed by atoms with Gasteiger partial charge in [-0.1, -0.05) is 0 Å². The van der Waals surface area contributed by atoms with Crippen LogP contribution in [0.2, 0.25) is 0 Å². The fourth-order valence-electron chi connectivity index (χ4n) is 1.03. The van der Waals surface area contributed by atoms with Crippen molar-refractivity contribution in [2.24, 2.45) is 0 Å². The van der Waals surface area contributed by atoms with E-state index >= 15 is 0 Å². The van der Waals surface area contributed by atoms with Crippen LogP contribution in [-0.2, 0) is 19.6 Å². The number of carbonyl (C=O) groups is 1. The van der Waals surface area contributed by atoms with Crippen molar-refractivity contribution in [3.05, 3.63) is 24.0 Å². The molecule has 1 rings (SSSR count). The maximum Gasteiger partial charge on any atom is 0.322 e. The van der Waals surface area contributed by atoms with Gasteiger partial charge in [0, 0.05) is 5.69 Å². The summed E-state index contributed by atoms with van der Waals surface area (Å²) in [5, 5.41) is 0. The predicted molar refractivity (Wildman–Crippen MR) is 60.2 cm³/mol. The number of anilines is 2. The third-order valence-electron chi connectivity index (χ3n) is 1.79. The molecule has 0 spiro atoms. The van der Waals surface area contributed by atoms with E-state index in [1.807, 2.05) is 4.72 Å². The van der Waals surface area contributed by atoms with Crippen LogP contribution in [0.25, 0.3) is 0 Å². The van der Waals surface area contributed by atoms with Gasteiger partial charge < -0.3 is 10.5 Å². The lowest BCUT2D eigenvalue weighted by molar-refractivity contribution is -0.137. The third kappa shape index (κ3) is 3.91. The lowest BCUT2D eigenvalue weighted by Gasteiger charge is -2.08. The van der Waals surface area contributed by atoms with Gasteiger partial charge in [-0.15, -0.1) is 0 Å². The summed E-state index contributed by atoms with van der Waals surface area (Å²) in [7, 11) is -2.93. The Hall–Kier alpha value is -1.83. The highest BCUT2D eigenvalue weighted by Crippen LogP contribution is 2.18. The fourth-order valence-corrected chi connectivity index (χ4v) is 2.03. The van der Waals surface area contributed by atoms with Crippen molar-refractivity contribution >= 4 is 27.4 Å². The van der Waals surface area contributed by atoms with E-state index in [1.54, 1.807) is 0 Å². The minimum Gasteiger partial charge on any atom is -0.468 e. The first-order valence-corrected chi connectivity index (χ1v) is 6.11. The molecule has 1 aromatic carbocycles. The van der Waals surface area contributed by atoms with Crippen molar-refractivity contribution in [1.29, 1.82) is 0 Å². The average Bonchev–Trinajstić information content (AvgIpc) is 2.21. The van der Waals surface area contributed by atoms with Crippen molar-refractivity contribution in [2.75, 3.05) is 23.3 Å². The summed E-state index contributed by atoms with van der Waals surface area (Å²) in [6.45, 7) is 0. The number of rotatable bonds is 4. The Morgan fingerprint density at radius 3 is 2.71 bits per heavy atom. The second-order valence-corrected chi connectivity index (χ2v) is 4.90. The van der Waals surface area contributed by atoms with Crippen molar-refractivity contribution < 1.29 is 22.3 Å². The van der Waals surface area contributed by atoms with E-state index < -0.39 is 27.6 Å². The number of halogens is 1. The third-order valence-corrected chi connectivity index (χ3v) is 2.94. The van der Waals surface area contributed by atoms with Crippen LogP contribution in [0.4, 0.5) is 15.8 Å². The molecule has 94 valence electrons. The van der Waals surface area contributed by atoms with Gasteiger partial charge in [-0.05, 0) is 18.2 Å². The molecule has 0 bridgehead atoms. The smallest absolute Gasteiger partial charge is 0.322 e. The number of hydrogen-bond acceptors (Lipinski definition) is 5. The molecule has 0 aliphatic carbocycles. The first-order chi connectivity index (χ1) is 7.84. The molecular weight excluding hydrogens is 251 g/mol. The first-order valence-electron chi connectivity index (χ1n) is 4.46.